The topological polar surface area (TPSA) is 421 Å². The predicted molar refractivity (Wildman–Crippen MR) is 268 cm³/mol. The number of phenolic OH excluding ortho intramolecular Hbond substituents is 5. The summed E-state index contributed by atoms with van der Waals surface area (Å²) in [5.74, 6) is -5.53. The quantitative estimate of drug-likeness (QED) is 0.0230. The Kier molecular flexibility index (Phi) is 18.5. The lowest BCUT2D eigenvalue weighted by atomic mass is 9.97. The summed E-state index contributed by atoms with van der Waals surface area (Å²) in [5.41, 5.74) is 0.453. The van der Waals surface area contributed by atoms with Gasteiger partial charge in [0.1, 0.15) is 90.3 Å². The van der Waals surface area contributed by atoms with Crippen molar-refractivity contribution in [2.24, 2.45) is 0 Å². The Labute approximate surface area is 452 Å². The molecule has 15 atom stereocenters. The number of methoxy groups -OCH3 is 2. The van der Waals surface area contributed by atoms with Crippen molar-refractivity contribution in [2.45, 2.75) is 92.1 Å². The Bertz CT molecular complexity index is 3010. The van der Waals surface area contributed by atoms with E-state index in [0.29, 0.717) is 5.56 Å². The minimum atomic E-state index is -2.19. The van der Waals surface area contributed by atoms with Crippen molar-refractivity contribution in [1.82, 2.24) is 0 Å². The number of phenols is 5. The number of hydrogen-bond acceptors (Lipinski definition) is 26. The highest BCUT2D eigenvalue weighted by molar-refractivity contribution is 5.90. The standard InChI is InChI=1S/C53H56O27/c1-70-32-13-23(14-33(71-2)40(32)62)6-12-39(61)79-49-45(67)42(64)36(20-55)77-53(49)80-50-46(68)43(65)37(21-72-38(60)11-5-22-3-8-25(56)9-4-22)78-52(50)75-34-18-27-30(73-48(34)24-7-10-28(58)29(59)15-24)16-26(57)17-31(27)74-51-47(69)44(66)41(63)35(19-54)76-51/h3-18,35-37,41-47,49-55,63-69H,19-21H2,1-2H3,(H4-,56,57,58,59,60,61,62)/p+1/t35?,36?,37?,41-,42-,43-,44+,45+,46?,47?,49?,50-,51-,52-,53+/m1/s1. The fraction of sp³-hybridized carbons (Fsp3) is 0.377. The zero-order chi connectivity index (χ0) is 57.7. The fourth-order valence-electron chi connectivity index (χ4n) is 8.68. The Hall–Kier alpha value is -7.61. The van der Waals surface area contributed by atoms with Gasteiger partial charge in [0.2, 0.25) is 24.1 Å². The third-order valence-corrected chi connectivity index (χ3v) is 13.0. The average Bonchev–Trinajstić information content (AvgIpc) is 3.50. The van der Waals surface area contributed by atoms with Crippen molar-refractivity contribution in [1.29, 1.82) is 0 Å². The van der Waals surface area contributed by atoms with E-state index in [9.17, 15) is 81.1 Å². The number of aliphatic hydroxyl groups is 9. The monoisotopic (exact) mass is 1130 g/mol. The molecule has 0 spiro atoms. The van der Waals surface area contributed by atoms with Crippen LogP contribution in [0.3, 0.4) is 0 Å². The molecule has 8 rings (SSSR count). The number of fused-ring (bicyclic) bond motifs is 1. The maximum atomic E-state index is 13.5. The lowest BCUT2D eigenvalue weighted by Crippen LogP contribution is -2.65. The molecule has 3 saturated heterocycles. The molecule has 0 amide bonds. The summed E-state index contributed by atoms with van der Waals surface area (Å²) in [5, 5.41) is 150. The summed E-state index contributed by atoms with van der Waals surface area (Å²) in [6.45, 7) is -2.60. The predicted octanol–water partition coefficient (Wildman–Crippen LogP) is -0.364. The molecule has 14 N–H and O–H groups in total. The normalized spacial score (nSPS) is 28.9. The first-order chi connectivity index (χ1) is 38.2. The van der Waals surface area contributed by atoms with Crippen molar-refractivity contribution in [2.75, 3.05) is 34.0 Å². The molecule has 0 saturated carbocycles. The average molecular weight is 1130 g/mol. The lowest BCUT2D eigenvalue weighted by Gasteiger charge is -2.46. The highest BCUT2D eigenvalue weighted by Gasteiger charge is 2.54. The summed E-state index contributed by atoms with van der Waals surface area (Å²) in [7, 11) is 2.55. The molecule has 3 aliphatic rings. The second-order valence-corrected chi connectivity index (χ2v) is 18.3. The zero-order valence-electron chi connectivity index (χ0n) is 42.1. The lowest BCUT2D eigenvalue weighted by molar-refractivity contribution is -0.358. The van der Waals surface area contributed by atoms with Gasteiger partial charge in [0, 0.05) is 30.4 Å². The molecule has 0 aliphatic carbocycles. The van der Waals surface area contributed by atoms with Crippen LogP contribution in [0, 0.1) is 0 Å². The van der Waals surface area contributed by atoms with Crippen LogP contribution < -0.4 is 18.9 Å². The van der Waals surface area contributed by atoms with E-state index >= 15 is 0 Å². The van der Waals surface area contributed by atoms with Crippen LogP contribution in [-0.4, -0.2) is 210 Å². The molecule has 0 bridgehead atoms. The molecule has 4 aromatic carbocycles. The van der Waals surface area contributed by atoms with Crippen LogP contribution in [0.2, 0.25) is 0 Å². The smallest absolute Gasteiger partial charge is 0.402 e. The number of carbonyl (C=O) groups is 2. The van der Waals surface area contributed by atoms with Crippen LogP contribution in [0.25, 0.3) is 34.4 Å². The molecule has 27 nitrogen and oxygen atoms in total. The number of hydrogen-bond donors (Lipinski definition) is 14. The molecular weight excluding hydrogens is 1070 g/mol. The van der Waals surface area contributed by atoms with Crippen LogP contribution in [0.4, 0.5) is 0 Å². The molecule has 3 fully saturated rings. The third kappa shape index (κ3) is 12.9. The summed E-state index contributed by atoms with van der Waals surface area (Å²) in [6.07, 6.45) is -24.4. The van der Waals surface area contributed by atoms with Crippen molar-refractivity contribution in [3.8, 4) is 63.1 Å². The van der Waals surface area contributed by atoms with Gasteiger partial charge in [-0.2, -0.15) is 0 Å². The van der Waals surface area contributed by atoms with Gasteiger partial charge in [-0.3, -0.25) is 0 Å². The summed E-state index contributed by atoms with van der Waals surface area (Å²) in [6, 6.07) is 15.1. The summed E-state index contributed by atoms with van der Waals surface area (Å²) in [4.78, 5) is 26.5. The molecule has 3 aliphatic heterocycles. The molecule has 6 unspecified atom stereocenters. The van der Waals surface area contributed by atoms with Gasteiger partial charge in [-0.15, -0.1) is 0 Å². The Morgan fingerprint density at radius 1 is 0.550 bits per heavy atom. The second-order valence-electron chi connectivity index (χ2n) is 18.3. The highest BCUT2D eigenvalue weighted by atomic mass is 16.8. The molecule has 1 aromatic heterocycles. The van der Waals surface area contributed by atoms with Crippen LogP contribution >= 0.6 is 0 Å². The summed E-state index contributed by atoms with van der Waals surface area (Å²) < 4.78 is 63.6. The Balaban J connectivity index is 1.18. The van der Waals surface area contributed by atoms with Crippen LogP contribution in [0.1, 0.15) is 11.1 Å². The maximum Gasteiger partial charge on any atom is 0.402 e. The summed E-state index contributed by atoms with van der Waals surface area (Å²) >= 11 is 0. The van der Waals surface area contributed by atoms with E-state index in [2.05, 4.69) is 0 Å². The van der Waals surface area contributed by atoms with Crippen molar-refractivity contribution in [3.63, 3.8) is 0 Å². The van der Waals surface area contributed by atoms with Gasteiger partial charge in [0.25, 0.3) is 0 Å². The molecular formula is C53H57O27+. The van der Waals surface area contributed by atoms with Crippen LogP contribution in [-0.2, 0) is 38.0 Å². The van der Waals surface area contributed by atoms with Gasteiger partial charge in [-0.25, -0.2) is 14.0 Å². The largest absolute Gasteiger partial charge is 0.508 e. The van der Waals surface area contributed by atoms with Crippen molar-refractivity contribution in [3.05, 3.63) is 96.1 Å². The van der Waals surface area contributed by atoms with E-state index in [0.717, 1.165) is 36.4 Å². The van der Waals surface area contributed by atoms with Gasteiger partial charge in [0.05, 0.1) is 39.1 Å². The zero-order valence-corrected chi connectivity index (χ0v) is 42.1. The van der Waals surface area contributed by atoms with E-state index in [1.165, 1.54) is 74.9 Å². The number of aliphatic hydroxyl groups excluding tert-OH is 9. The maximum absolute atomic E-state index is 13.5. The molecule has 0 radical (unpaired) electrons. The third-order valence-electron chi connectivity index (χ3n) is 13.0. The number of aromatic hydroxyl groups is 5. The van der Waals surface area contributed by atoms with E-state index in [-0.39, 0.29) is 56.6 Å². The van der Waals surface area contributed by atoms with Gasteiger partial charge >= 0.3 is 23.3 Å². The molecule has 4 heterocycles. The minimum absolute atomic E-state index is 0.0259. The first-order valence-electron chi connectivity index (χ1n) is 24.3. The first-order valence-corrected chi connectivity index (χ1v) is 24.3. The van der Waals surface area contributed by atoms with E-state index in [4.69, 9.17) is 51.8 Å². The van der Waals surface area contributed by atoms with Gasteiger partial charge in [0.15, 0.2) is 41.5 Å². The van der Waals surface area contributed by atoms with Gasteiger partial charge < -0.3 is 119 Å². The van der Waals surface area contributed by atoms with E-state index < -0.39 is 147 Å². The SMILES string of the molecule is COc1cc(/C=C/C(=O)OC2[C@H](O[C@@H]3C(O)[C@H](O)C(COC(=O)/C=C/c4ccc(O)cc4)O[C@H]3Oc3cc4c(O[C@@H]5OC(CO)[C@@H](O)[C@H](O)C5O)cc(O)cc4[o+]c3-c3ccc(O)c(O)c3)OC(CO)[C@@H](O)[C@@H]2O)cc(OC)c1O. The number of ether oxygens (including phenoxy) is 10. The molecule has 27 heteroatoms. The molecule has 430 valence electrons. The Morgan fingerprint density at radius 3 is 1.79 bits per heavy atom. The fourth-order valence-corrected chi connectivity index (χ4v) is 8.68. The van der Waals surface area contributed by atoms with Gasteiger partial charge in [-0.05, 0) is 59.7 Å². The first kappa shape index (κ1) is 58.5. The Morgan fingerprint density at radius 2 is 1.14 bits per heavy atom. The minimum Gasteiger partial charge on any atom is -0.508 e. The van der Waals surface area contributed by atoms with E-state index in [1.54, 1.807) is 0 Å². The molecule has 80 heavy (non-hydrogen) atoms. The van der Waals surface area contributed by atoms with E-state index in [1.807, 2.05) is 0 Å². The number of esters is 2. The second kappa shape index (κ2) is 25.2. The van der Waals surface area contributed by atoms with Crippen LogP contribution in [0.5, 0.6) is 51.7 Å². The van der Waals surface area contributed by atoms with Crippen LogP contribution in [0.15, 0.2) is 89.4 Å². The number of benzene rings is 4. The van der Waals surface area contributed by atoms with Crippen molar-refractivity contribution < 1.29 is 133 Å². The number of rotatable bonds is 18. The number of carbonyl (C=O) groups excluding carboxylic acids is 2. The molecule has 5 aromatic rings. The van der Waals surface area contributed by atoms with Crippen molar-refractivity contribution >= 4 is 35.1 Å². The van der Waals surface area contributed by atoms with Gasteiger partial charge in [-0.1, -0.05) is 12.1 Å². The highest BCUT2D eigenvalue weighted by Crippen LogP contribution is 2.44.